The topological polar surface area (TPSA) is 25.2 Å². The summed E-state index contributed by atoms with van der Waals surface area (Å²) in [4.78, 5) is 0. The van der Waals surface area contributed by atoms with Gasteiger partial charge in [-0.25, -0.2) is 0 Å². The van der Waals surface area contributed by atoms with Gasteiger partial charge in [0.05, 0.1) is 23.4 Å². The highest BCUT2D eigenvalue weighted by molar-refractivity contribution is 5.70. The van der Waals surface area contributed by atoms with Crippen LogP contribution in [0, 0.1) is 6.92 Å². The van der Waals surface area contributed by atoms with E-state index in [1.54, 1.807) is 0 Å². The van der Waals surface area contributed by atoms with E-state index in [0.717, 1.165) is 0 Å². The van der Waals surface area contributed by atoms with Gasteiger partial charge in [-0.05, 0) is 41.8 Å². The van der Waals surface area contributed by atoms with Gasteiger partial charge in [-0.3, -0.25) is 0 Å². The van der Waals surface area contributed by atoms with Crippen LogP contribution in [0.15, 0.2) is 48.5 Å². The molecule has 0 amide bonds. The zero-order valence-electron chi connectivity index (χ0n) is 20.6. The number of hydrogen-bond donors (Lipinski definition) is 1. The molecule has 0 aliphatic heterocycles. The van der Waals surface area contributed by atoms with E-state index in [1.165, 1.54) is 30.3 Å². The minimum Gasteiger partial charge on any atom is -0.494 e. The van der Waals surface area contributed by atoms with Crippen molar-refractivity contribution < 1.29 is 71.0 Å². The smallest absolute Gasteiger partial charge is 0.460 e. The van der Waals surface area contributed by atoms with Crippen LogP contribution < -0.4 is 0 Å². The van der Waals surface area contributed by atoms with Crippen molar-refractivity contribution in [3.05, 3.63) is 76.3 Å². The predicted molar refractivity (Wildman–Crippen MR) is 116 cm³/mol. The molecule has 0 bridgehead atoms. The fourth-order valence-electron chi connectivity index (χ4n) is 4.12. The van der Waals surface area contributed by atoms with Gasteiger partial charge in [0, 0.05) is 12.0 Å². The van der Waals surface area contributed by atoms with E-state index in [0.29, 0.717) is 11.5 Å². The van der Waals surface area contributed by atoms with Crippen molar-refractivity contribution in [3.63, 3.8) is 0 Å². The van der Waals surface area contributed by atoms with Crippen molar-refractivity contribution in [3.8, 4) is 17.1 Å². The van der Waals surface area contributed by atoms with Crippen LogP contribution in [0.2, 0.25) is 0 Å². The van der Waals surface area contributed by atoms with Gasteiger partial charge in [0.15, 0.2) is 5.88 Å². The first-order chi connectivity index (χ1) is 18.8. The normalized spacial score (nSPS) is 14.0. The molecule has 0 saturated carbocycles. The van der Waals surface area contributed by atoms with E-state index < -0.39 is 88.7 Å². The van der Waals surface area contributed by atoms with Crippen LogP contribution in [0.25, 0.3) is 11.3 Å². The van der Waals surface area contributed by atoms with E-state index in [2.05, 4.69) is 0 Å². The maximum atomic E-state index is 14.5. The van der Waals surface area contributed by atoms with Gasteiger partial charge in [-0.15, -0.1) is 0 Å². The number of hydrogen-bond acceptors (Lipinski definition) is 1. The second-order valence-corrected chi connectivity index (χ2v) is 9.17. The summed E-state index contributed by atoms with van der Waals surface area (Å²) in [5, 5.41) is 10.7. The van der Waals surface area contributed by atoms with Crippen LogP contribution in [0.4, 0.5) is 65.9 Å². The quantitative estimate of drug-likeness (QED) is 0.259. The molecule has 1 aromatic heterocycles. The van der Waals surface area contributed by atoms with Crippen molar-refractivity contribution >= 4 is 0 Å². The highest BCUT2D eigenvalue weighted by Crippen LogP contribution is 2.55. The molecular formula is C25H16F15NO. The van der Waals surface area contributed by atoms with Gasteiger partial charge >= 0.3 is 36.3 Å². The predicted octanol–water partition coefficient (Wildman–Crippen LogP) is 9.27. The van der Waals surface area contributed by atoms with Crippen molar-refractivity contribution in [1.29, 1.82) is 0 Å². The van der Waals surface area contributed by atoms with Crippen molar-refractivity contribution in [2.24, 2.45) is 0 Å². The molecule has 232 valence electrons. The summed E-state index contributed by atoms with van der Waals surface area (Å²) in [7, 11) is 0. The summed E-state index contributed by atoms with van der Waals surface area (Å²) >= 11 is 0. The van der Waals surface area contributed by atoms with E-state index in [9.17, 15) is 71.0 Å². The number of nitrogens with zero attached hydrogens (tertiary/aromatic N) is 1. The summed E-state index contributed by atoms with van der Waals surface area (Å²) in [6, 6.07) is 6.81. The maximum Gasteiger partial charge on any atom is 0.460 e. The van der Waals surface area contributed by atoms with Crippen molar-refractivity contribution in [1.82, 2.24) is 4.57 Å². The van der Waals surface area contributed by atoms with Gasteiger partial charge in [0.25, 0.3) is 0 Å². The van der Waals surface area contributed by atoms with E-state index in [4.69, 9.17) is 0 Å². The van der Waals surface area contributed by atoms with Crippen LogP contribution in [-0.2, 0) is 25.3 Å². The molecule has 0 radical (unpaired) electrons. The maximum absolute atomic E-state index is 14.5. The summed E-state index contributed by atoms with van der Waals surface area (Å²) in [5.74, 6) is -22.1. The molecule has 1 N–H and O–H groups in total. The fraction of sp³-hybridized carbons (Fsp3) is 0.360. The highest BCUT2D eigenvalue weighted by atomic mass is 19.4. The molecule has 2 nitrogen and oxygen atoms in total. The summed E-state index contributed by atoms with van der Waals surface area (Å²) in [5.41, 5.74) is -7.81. The molecule has 17 heteroatoms. The number of aromatic hydroxyl groups is 1. The average molecular weight is 631 g/mol. The molecule has 0 aliphatic carbocycles. The third-order valence-electron chi connectivity index (χ3n) is 6.26. The lowest BCUT2D eigenvalue weighted by Crippen LogP contribution is -2.61. The molecule has 42 heavy (non-hydrogen) atoms. The molecule has 1 heterocycles. The number of aromatic nitrogens is 1. The minimum atomic E-state index is -7.27. The van der Waals surface area contributed by atoms with Crippen LogP contribution in [0.5, 0.6) is 5.88 Å². The van der Waals surface area contributed by atoms with Gasteiger partial charge in [0.1, 0.15) is 0 Å². The number of rotatable bonds is 7. The Kier molecular flexibility index (Phi) is 8.11. The van der Waals surface area contributed by atoms with E-state index in [-0.39, 0.29) is 23.8 Å². The second-order valence-electron chi connectivity index (χ2n) is 9.17. The fourth-order valence-corrected chi connectivity index (χ4v) is 4.12. The zero-order chi connectivity index (χ0) is 32.3. The van der Waals surface area contributed by atoms with Gasteiger partial charge in [-0.2, -0.15) is 65.9 Å². The molecule has 3 aromatic rings. The molecule has 0 saturated heterocycles. The van der Waals surface area contributed by atoms with Crippen LogP contribution in [0.3, 0.4) is 0 Å². The zero-order valence-corrected chi connectivity index (χ0v) is 20.6. The average Bonchev–Trinajstić information content (AvgIpc) is 3.06. The highest BCUT2D eigenvalue weighted by Gasteiger charge is 2.81. The lowest BCUT2D eigenvalue weighted by atomic mass is 9.94. The van der Waals surface area contributed by atoms with Crippen LogP contribution in [-0.4, -0.2) is 33.6 Å². The third-order valence-corrected chi connectivity index (χ3v) is 6.26. The molecule has 3 rings (SSSR count). The van der Waals surface area contributed by atoms with Gasteiger partial charge in [-0.1, -0.05) is 30.3 Å². The number of halogens is 15. The molecule has 0 atom stereocenters. The SMILES string of the molecule is Cc1c(CC(F)(F)C(F)(F)C(F)(F)C(F)(F)F)c(O)n(Cc2ccccc2)c1-c1cc(C(F)(F)F)cc(C(F)(F)F)c1. The lowest BCUT2D eigenvalue weighted by molar-refractivity contribution is -0.395. The number of benzene rings is 2. The van der Waals surface area contributed by atoms with E-state index >= 15 is 0 Å². The molecule has 0 aliphatic rings. The monoisotopic (exact) mass is 631 g/mol. The largest absolute Gasteiger partial charge is 0.494 e. The van der Waals surface area contributed by atoms with Crippen molar-refractivity contribution in [2.45, 2.75) is 56.2 Å². The summed E-state index contributed by atoms with van der Waals surface area (Å²) in [6.45, 7) is -0.0172. The Labute approximate surface area is 226 Å². The molecular weight excluding hydrogens is 615 g/mol. The first-order valence-corrected chi connectivity index (χ1v) is 11.3. The minimum absolute atomic E-state index is 0.132. The molecule has 0 unspecified atom stereocenters. The Bertz CT molecular complexity index is 1400. The van der Waals surface area contributed by atoms with Gasteiger partial charge < -0.3 is 9.67 Å². The van der Waals surface area contributed by atoms with E-state index in [1.807, 2.05) is 0 Å². The summed E-state index contributed by atoms with van der Waals surface area (Å²) in [6.07, 6.45) is -20.6. The molecule has 0 spiro atoms. The standard InChI is InChI=1S/C25H16F15NO/c1-12-17(10-20(26,27)23(34,35)24(36,37)25(38,39)40)19(42)41(11-13-5-3-2-4-6-13)18(12)14-7-15(21(28,29)30)9-16(8-14)22(31,32)33/h2-9,42H,10-11H2,1H3. The first-order valence-electron chi connectivity index (χ1n) is 11.3. The second kappa shape index (κ2) is 10.3. The molecule has 2 aromatic carbocycles. The van der Waals surface area contributed by atoms with Crippen molar-refractivity contribution in [2.75, 3.05) is 0 Å². The Morgan fingerprint density at radius 2 is 1.14 bits per heavy atom. The first kappa shape index (κ1) is 33.0. The van der Waals surface area contributed by atoms with Gasteiger partial charge in [0.2, 0.25) is 0 Å². The Morgan fingerprint density at radius 3 is 1.57 bits per heavy atom. The third kappa shape index (κ3) is 5.86. The lowest BCUT2D eigenvalue weighted by Gasteiger charge is -2.33. The Morgan fingerprint density at radius 1 is 0.667 bits per heavy atom. The Hall–Kier alpha value is -3.53. The van der Waals surface area contributed by atoms with Crippen LogP contribution in [0.1, 0.15) is 27.8 Å². The van der Waals surface area contributed by atoms with Crippen LogP contribution >= 0.6 is 0 Å². The summed E-state index contributed by atoms with van der Waals surface area (Å²) < 4.78 is 203. The number of alkyl halides is 15. The molecule has 0 fully saturated rings. The Balaban J connectivity index is 2.33.